The number of carbonyl (C=O) groups is 1. The molecule has 1 heterocycles. The fourth-order valence-electron chi connectivity index (χ4n) is 2.26. The predicted octanol–water partition coefficient (Wildman–Crippen LogP) is 3.59. The summed E-state index contributed by atoms with van der Waals surface area (Å²) in [5, 5.41) is -0.252. The molecule has 2 unspecified atom stereocenters. The van der Waals surface area contributed by atoms with Crippen LogP contribution in [0.25, 0.3) is 11.0 Å². The number of carbonyl (C=O) groups excluding carboxylic acids is 1. The second kappa shape index (κ2) is 5.89. The van der Waals surface area contributed by atoms with E-state index in [1.807, 2.05) is 36.6 Å². The molecule has 0 spiro atoms. The van der Waals surface area contributed by atoms with E-state index in [1.165, 1.54) is 0 Å². The van der Waals surface area contributed by atoms with Crippen LogP contribution in [0.15, 0.2) is 18.2 Å². The maximum atomic E-state index is 12.3. The number of fused-ring (bicyclic) bond motifs is 1. The average Bonchev–Trinajstić information content (AvgIpc) is 2.75. The van der Waals surface area contributed by atoms with E-state index in [2.05, 4.69) is 27.6 Å². The molecule has 0 saturated heterocycles. The quantitative estimate of drug-likeness (QED) is 0.578. The smallest absolute Gasteiger partial charge is 0.244 e. The summed E-state index contributed by atoms with van der Waals surface area (Å²) in [6.45, 7) is 3.75. The first-order valence-electron chi connectivity index (χ1n) is 6.35. The van der Waals surface area contributed by atoms with Crippen LogP contribution in [-0.2, 0) is 4.79 Å². The molecule has 6 heteroatoms. The van der Waals surface area contributed by atoms with Crippen LogP contribution in [0.4, 0.5) is 0 Å². The molecule has 2 aromatic rings. The minimum absolute atomic E-state index is 0.0291. The van der Waals surface area contributed by atoms with Gasteiger partial charge in [0.05, 0.1) is 16.4 Å². The number of amides is 1. The van der Waals surface area contributed by atoms with E-state index in [0.717, 1.165) is 20.4 Å². The SMILES string of the molecule is CC(Cl)c1nc2cc(I)ccc2n1C(C)C(=O)N(C)C. The first-order chi connectivity index (χ1) is 9.32. The summed E-state index contributed by atoms with van der Waals surface area (Å²) in [7, 11) is 3.51. The van der Waals surface area contributed by atoms with Gasteiger partial charge in [-0.25, -0.2) is 4.98 Å². The number of benzene rings is 1. The molecule has 2 atom stereocenters. The molecule has 0 aliphatic rings. The van der Waals surface area contributed by atoms with Gasteiger partial charge >= 0.3 is 0 Å². The van der Waals surface area contributed by atoms with Crippen molar-refractivity contribution in [2.24, 2.45) is 0 Å². The van der Waals surface area contributed by atoms with Crippen LogP contribution >= 0.6 is 34.2 Å². The Kier molecular flexibility index (Phi) is 4.59. The van der Waals surface area contributed by atoms with Crippen LogP contribution in [-0.4, -0.2) is 34.5 Å². The molecule has 108 valence electrons. The highest BCUT2D eigenvalue weighted by atomic mass is 127. The Morgan fingerprint density at radius 1 is 1.40 bits per heavy atom. The van der Waals surface area contributed by atoms with Gasteiger partial charge in [0, 0.05) is 17.7 Å². The Balaban J connectivity index is 2.66. The Hall–Kier alpha value is -0.820. The molecule has 0 saturated carbocycles. The topological polar surface area (TPSA) is 38.1 Å². The van der Waals surface area contributed by atoms with E-state index in [-0.39, 0.29) is 17.3 Å². The largest absolute Gasteiger partial charge is 0.347 e. The predicted molar refractivity (Wildman–Crippen MR) is 90.1 cm³/mol. The lowest BCUT2D eigenvalue weighted by Crippen LogP contribution is -2.30. The molecule has 1 aromatic heterocycles. The lowest BCUT2D eigenvalue weighted by atomic mass is 10.2. The van der Waals surface area contributed by atoms with Crippen molar-refractivity contribution in [2.75, 3.05) is 14.1 Å². The van der Waals surface area contributed by atoms with Gasteiger partial charge in [0.25, 0.3) is 0 Å². The third-order valence-corrected chi connectivity index (χ3v) is 4.09. The monoisotopic (exact) mass is 405 g/mol. The molecular weight excluding hydrogens is 389 g/mol. The fourth-order valence-corrected chi connectivity index (χ4v) is 2.89. The summed E-state index contributed by atoms with van der Waals surface area (Å²) < 4.78 is 3.05. The van der Waals surface area contributed by atoms with Crippen LogP contribution in [0.3, 0.4) is 0 Å². The number of likely N-dealkylation sites (N-methyl/N-ethyl adjacent to an activating group) is 1. The summed E-state index contributed by atoms with van der Waals surface area (Å²) in [6.07, 6.45) is 0. The van der Waals surface area contributed by atoms with Crippen molar-refractivity contribution in [3.63, 3.8) is 0 Å². The van der Waals surface area contributed by atoms with Gasteiger partial charge in [-0.3, -0.25) is 4.79 Å². The van der Waals surface area contributed by atoms with Crippen LogP contribution in [0.5, 0.6) is 0 Å². The van der Waals surface area contributed by atoms with E-state index in [4.69, 9.17) is 11.6 Å². The lowest BCUT2D eigenvalue weighted by molar-refractivity contribution is -0.131. The van der Waals surface area contributed by atoms with Gasteiger partial charge < -0.3 is 9.47 Å². The number of alkyl halides is 1. The fraction of sp³-hybridized carbons (Fsp3) is 0.429. The van der Waals surface area contributed by atoms with Gasteiger partial charge in [0.15, 0.2) is 0 Å². The lowest BCUT2D eigenvalue weighted by Gasteiger charge is -2.21. The molecule has 0 aliphatic heterocycles. The second-order valence-corrected chi connectivity index (χ2v) is 6.90. The van der Waals surface area contributed by atoms with E-state index in [0.29, 0.717) is 0 Å². The van der Waals surface area contributed by atoms with Gasteiger partial charge in [0.1, 0.15) is 11.9 Å². The van der Waals surface area contributed by atoms with E-state index in [9.17, 15) is 4.79 Å². The van der Waals surface area contributed by atoms with Crippen LogP contribution < -0.4 is 0 Å². The van der Waals surface area contributed by atoms with E-state index < -0.39 is 0 Å². The average molecular weight is 406 g/mol. The van der Waals surface area contributed by atoms with Crippen molar-refractivity contribution in [1.82, 2.24) is 14.5 Å². The number of hydrogen-bond acceptors (Lipinski definition) is 2. The van der Waals surface area contributed by atoms with Gasteiger partial charge in [-0.15, -0.1) is 11.6 Å². The molecule has 4 nitrogen and oxygen atoms in total. The molecule has 0 radical (unpaired) electrons. The zero-order valence-corrected chi connectivity index (χ0v) is 14.8. The van der Waals surface area contributed by atoms with Crippen molar-refractivity contribution in [3.8, 4) is 0 Å². The molecule has 0 N–H and O–H groups in total. The Morgan fingerprint density at radius 3 is 2.60 bits per heavy atom. The summed E-state index contributed by atoms with van der Waals surface area (Å²) in [6, 6.07) is 5.68. The highest BCUT2D eigenvalue weighted by molar-refractivity contribution is 14.1. The zero-order valence-electron chi connectivity index (χ0n) is 11.9. The minimum Gasteiger partial charge on any atom is -0.347 e. The Bertz CT molecular complexity index is 651. The van der Waals surface area contributed by atoms with E-state index >= 15 is 0 Å². The molecular formula is C14H17ClIN3O. The van der Waals surface area contributed by atoms with Crippen LogP contribution in [0.2, 0.25) is 0 Å². The molecule has 0 aliphatic carbocycles. The first-order valence-corrected chi connectivity index (χ1v) is 7.87. The van der Waals surface area contributed by atoms with Crippen molar-refractivity contribution in [1.29, 1.82) is 0 Å². The third-order valence-electron chi connectivity index (χ3n) is 3.22. The number of imidazole rings is 1. The standard InChI is InChI=1S/C14H17ClIN3O/c1-8(15)13-17-11-7-10(16)5-6-12(11)19(13)9(2)14(20)18(3)4/h5-9H,1-4H3. The summed E-state index contributed by atoms with van der Waals surface area (Å²) in [5.41, 5.74) is 1.81. The van der Waals surface area contributed by atoms with Gasteiger partial charge in [-0.05, 0) is 54.6 Å². The molecule has 0 fully saturated rings. The van der Waals surface area contributed by atoms with Crippen molar-refractivity contribution in [2.45, 2.75) is 25.3 Å². The summed E-state index contributed by atoms with van der Waals surface area (Å²) in [4.78, 5) is 18.4. The van der Waals surface area contributed by atoms with Crippen LogP contribution in [0.1, 0.15) is 31.1 Å². The number of aromatic nitrogens is 2. The minimum atomic E-state index is -0.328. The summed E-state index contributed by atoms with van der Waals surface area (Å²) >= 11 is 8.49. The molecule has 20 heavy (non-hydrogen) atoms. The number of nitrogens with zero attached hydrogens (tertiary/aromatic N) is 3. The van der Waals surface area contributed by atoms with Gasteiger partial charge in [-0.1, -0.05) is 0 Å². The molecule has 2 rings (SSSR count). The number of halogens is 2. The highest BCUT2D eigenvalue weighted by Crippen LogP contribution is 2.29. The van der Waals surface area contributed by atoms with Crippen molar-refractivity contribution in [3.05, 3.63) is 27.6 Å². The van der Waals surface area contributed by atoms with Gasteiger partial charge in [0.2, 0.25) is 5.91 Å². The third kappa shape index (κ3) is 2.79. The zero-order chi connectivity index (χ0) is 15.0. The summed E-state index contributed by atoms with van der Waals surface area (Å²) in [5.74, 6) is 0.757. The normalized spacial score (nSPS) is 14.3. The second-order valence-electron chi connectivity index (χ2n) is 5.00. The van der Waals surface area contributed by atoms with Crippen molar-refractivity contribution < 1.29 is 4.79 Å². The Labute approximate surface area is 137 Å². The van der Waals surface area contributed by atoms with Gasteiger partial charge in [-0.2, -0.15) is 0 Å². The maximum Gasteiger partial charge on any atom is 0.244 e. The molecule has 1 aromatic carbocycles. The van der Waals surface area contributed by atoms with Crippen molar-refractivity contribution >= 4 is 51.1 Å². The number of rotatable bonds is 3. The van der Waals surface area contributed by atoms with Crippen LogP contribution in [0, 0.1) is 3.57 Å². The Morgan fingerprint density at radius 2 is 2.05 bits per heavy atom. The first kappa shape index (κ1) is 15.6. The molecule has 0 bridgehead atoms. The number of hydrogen-bond donors (Lipinski definition) is 0. The molecule has 1 amide bonds. The maximum absolute atomic E-state index is 12.3. The van der Waals surface area contributed by atoms with E-state index in [1.54, 1.807) is 19.0 Å². The highest BCUT2D eigenvalue weighted by Gasteiger charge is 2.24.